The van der Waals surface area contributed by atoms with Crippen molar-refractivity contribution in [2.45, 2.75) is 56.7 Å². The predicted octanol–water partition coefficient (Wildman–Crippen LogP) is 3.35. The van der Waals surface area contributed by atoms with Gasteiger partial charge >= 0.3 is 0 Å². The SMILES string of the molecule is CCNC1(c2nc3c(s2)CCCC3)CSC(C)C1. The van der Waals surface area contributed by atoms with E-state index in [4.69, 9.17) is 4.98 Å². The number of hydrogen-bond acceptors (Lipinski definition) is 4. The molecular weight excluding hydrogens is 260 g/mol. The Morgan fingerprint density at radius 2 is 2.22 bits per heavy atom. The van der Waals surface area contributed by atoms with Crippen molar-refractivity contribution in [1.29, 1.82) is 0 Å². The average Bonchev–Trinajstić information content (AvgIpc) is 2.94. The van der Waals surface area contributed by atoms with E-state index in [2.05, 4.69) is 30.9 Å². The Kier molecular flexibility index (Phi) is 3.70. The van der Waals surface area contributed by atoms with Gasteiger partial charge in [-0.1, -0.05) is 13.8 Å². The fourth-order valence-electron chi connectivity index (χ4n) is 3.14. The molecule has 0 aromatic carbocycles. The van der Waals surface area contributed by atoms with Gasteiger partial charge in [-0.25, -0.2) is 4.98 Å². The van der Waals surface area contributed by atoms with Crippen molar-refractivity contribution in [2.75, 3.05) is 12.3 Å². The fourth-order valence-corrected chi connectivity index (χ4v) is 5.88. The average molecular weight is 282 g/mol. The summed E-state index contributed by atoms with van der Waals surface area (Å²) in [7, 11) is 0. The number of aromatic nitrogens is 1. The maximum Gasteiger partial charge on any atom is 0.114 e. The van der Waals surface area contributed by atoms with E-state index in [-0.39, 0.29) is 5.54 Å². The van der Waals surface area contributed by atoms with Gasteiger partial charge in [0.25, 0.3) is 0 Å². The summed E-state index contributed by atoms with van der Waals surface area (Å²) >= 11 is 4.08. The molecule has 2 heterocycles. The molecule has 2 nitrogen and oxygen atoms in total. The Morgan fingerprint density at radius 1 is 1.39 bits per heavy atom. The summed E-state index contributed by atoms with van der Waals surface area (Å²) in [5, 5.41) is 5.86. The minimum Gasteiger partial charge on any atom is -0.305 e. The van der Waals surface area contributed by atoms with Gasteiger partial charge in [-0.3, -0.25) is 0 Å². The van der Waals surface area contributed by atoms with E-state index in [9.17, 15) is 0 Å². The van der Waals surface area contributed by atoms with Crippen LogP contribution in [-0.4, -0.2) is 22.5 Å². The number of aryl methyl sites for hydroxylation is 2. The molecule has 0 amide bonds. The van der Waals surface area contributed by atoms with Crippen LogP contribution in [0.3, 0.4) is 0 Å². The van der Waals surface area contributed by atoms with E-state index >= 15 is 0 Å². The molecule has 4 heteroatoms. The third-order valence-electron chi connectivity index (χ3n) is 4.02. The van der Waals surface area contributed by atoms with Crippen LogP contribution in [0.2, 0.25) is 0 Å². The van der Waals surface area contributed by atoms with Crippen LogP contribution < -0.4 is 5.32 Å². The second kappa shape index (κ2) is 5.14. The van der Waals surface area contributed by atoms with Crippen LogP contribution in [-0.2, 0) is 18.4 Å². The van der Waals surface area contributed by atoms with E-state index in [1.165, 1.54) is 48.6 Å². The summed E-state index contributed by atoms with van der Waals surface area (Å²) in [5.41, 5.74) is 1.57. The summed E-state index contributed by atoms with van der Waals surface area (Å²) in [6.07, 6.45) is 6.38. The van der Waals surface area contributed by atoms with Crippen LogP contribution in [0.5, 0.6) is 0 Å². The minimum absolute atomic E-state index is 0.167. The first-order valence-electron chi connectivity index (χ1n) is 7.09. The van der Waals surface area contributed by atoms with Gasteiger partial charge in [0.1, 0.15) is 5.01 Å². The maximum absolute atomic E-state index is 5.00. The number of rotatable bonds is 3. The molecule has 2 atom stereocenters. The third-order valence-corrected chi connectivity index (χ3v) is 6.78. The lowest BCUT2D eigenvalue weighted by Crippen LogP contribution is -2.42. The number of thioether (sulfide) groups is 1. The lowest BCUT2D eigenvalue weighted by atomic mass is 9.96. The Hall–Kier alpha value is -0.0600. The zero-order valence-electron chi connectivity index (χ0n) is 11.3. The molecule has 1 N–H and O–H groups in total. The second-order valence-electron chi connectivity index (χ2n) is 5.53. The number of fused-ring (bicyclic) bond motifs is 1. The van der Waals surface area contributed by atoms with E-state index in [0.29, 0.717) is 0 Å². The molecular formula is C14H22N2S2. The van der Waals surface area contributed by atoms with Crippen LogP contribution >= 0.6 is 23.1 Å². The highest BCUT2D eigenvalue weighted by molar-refractivity contribution is 8.00. The zero-order chi connectivity index (χ0) is 12.6. The standard InChI is InChI=1S/C14H22N2S2/c1-3-15-14(8-10(2)17-9-14)13-16-11-6-4-5-7-12(11)18-13/h10,15H,3-9H2,1-2H3. The van der Waals surface area contributed by atoms with E-state index < -0.39 is 0 Å². The first-order valence-corrected chi connectivity index (χ1v) is 8.96. The number of nitrogens with one attached hydrogen (secondary N) is 1. The van der Waals surface area contributed by atoms with Crippen LogP contribution in [0.4, 0.5) is 0 Å². The Bertz CT molecular complexity index is 402. The smallest absolute Gasteiger partial charge is 0.114 e. The van der Waals surface area contributed by atoms with Gasteiger partial charge in [0.05, 0.1) is 11.2 Å². The monoisotopic (exact) mass is 282 g/mol. The van der Waals surface area contributed by atoms with Crippen molar-refractivity contribution in [1.82, 2.24) is 10.3 Å². The lowest BCUT2D eigenvalue weighted by Gasteiger charge is -2.27. The van der Waals surface area contributed by atoms with Gasteiger partial charge in [0.15, 0.2) is 0 Å². The summed E-state index contributed by atoms with van der Waals surface area (Å²) < 4.78 is 0. The fraction of sp³-hybridized carbons (Fsp3) is 0.786. The van der Waals surface area contributed by atoms with Gasteiger partial charge in [-0.05, 0) is 38.6 Å². The predicted molar refractivity (Wildman–Crippen MR) is 80.6 cm³/mol. The van der Waals surface area contributed by atoms with Crippen molar-refractivity contribution in [3.8, 4) is 0 Å². The first-order chi connectivity index (χ1) is 8.73. The topological polar surface area (TPSA) is 24.9 Å². The summed E-state index contributed by atoms with van der Waals surface area (Å²) in [6, 6.07) is 0. The quantitative estimate of drug-likeness (QED) is 0.920. The number of nitrogens with zero attached hydrogens (tertiary/aromatic N) is 1. The summed E-state index contributed by atoms with van der Waals surface area (Å²) in [5.74, 6) is 1.19. The molecule has 0 spiro atoms. The van der Waals surface area contributed by atoms with Gasteiger partial charge < -0.3 is 5.32 Å². The molecule has 0 radical (unpaired) electrons. The van der Waals surface area contributed by atoms with Gasteiger partial charge in [-0.2, -0.15) is 11.8 Å². The Labute approximate surface area is 118 Å². The van der Waals surface area contributed by atoms with E-state index in [0.717, 1.165) is 11.8 Å². The summed E-state index contributed by atoms with van der Waals surface area (Å²) in [4.78, 5) is 6.57. The van der Waals surface area contributed by atoms with Crippen molar-refractivity contribution >= 4 is 23.1 Å². The highest BCUT2D eigenvalue weighted by Crippen LogP contribution is 2.44. The normalized spacial score (nSPS) is 31.6. The van der Waals surface area contributed by atoms with Crippen molar-refractivity contribution in [3.63, 3.8) is 0 Å². The molecule has 2 unspecified atom stereocenters. The molecule has 0 saturated carbocycles. The molecule has 1 aromatic heterocycles. The summed E-state index contributed by atoms with van der Waals surface area (Å²) in [6.45, 7) is 5.59. The van der Waals surface area contributed by atoms with Gasteiger partial charge in [-0.15, -0.1) is 11.3 Å². The second-order valence-corrected chi connectivity index (χ2v) is 8.04. The van der Waals surface area contributed by atoms with Gasteiger partial charge in [0.2, 0.25) is 0 Å². The maximum atomic E-state index is 5.00. The molecule has 18 heavy (non-hydrogen) atoms. The van der Waals surface area contributed by atoms with Crippen molar-refractivity contribution < 1.29 is 0 Å². The van der Waals surface area contributed by atoms with Gasteiger partial charge in [0, 0.05) is 15.9 Å². The lowest BCUT2D eigenvalue weighted by molar-refractivity contribution is 0.370. The largest absolute Gasteiger partial charge is 0.305 e. The van der Waals surface area contributed by atoms with Crippen LogP contribution in [0.15, 0.2) is 0 Å². The highest BCUT2D eigenvalue weighted by atomic mass is 32.2. The number of thiazole rings is 1. The molecule has 1 fully saturated rings. The minimum atomic E-state index is 0.167. The molecule has 0 bridgehead atoms. The van der Waals surface area contributed by atoms with Crippen molar-refractivity contribution in [2.24, 2.45) is 0 Å². The Morgan fingerprint density at radius 3 is 2.89 bits per heavy atom. The number of hydrogen-bond donors (Lipinski definition) is 1. The zero-order valence-corrected chi connectivity index (χ0v) is 12.9. The highest BCUT2D eigenvalue weighted by Gasteiger charge is 2.42. The van der Waals surface area contributed by atoms with Crippen LogP contribution in [0.25, 0.3) is 0 Å². The van der Waals surface area contributed by atoms with Crippen LogP contribution in [0, 0.1) is 0 Å². The van der Waals surface area contributed by atoms with E-state index in [1.54, 1.807) is 4.88 Å². The Balaban J connectivity index is 1.92. The molecule has 3 rings (SSSR count). The first kappa shape index (κ1) is 12.9. The third kappa shape index (κ3) is 2.23. The van der Waals surface area contributed by atoms with Crippen molar-refractivity contribution in [3.05, 3.63) is 15.6 Å². The molecule has 100 valence electrons. The molecule has 2 aliphatic rings. The molecule has 1 aliphatic heterocycles. The van der Waals surface area contributed by atoms with E-state index in [1.807, 2.05) is 11.3 Å². The molecule has 1 saturated heterocycles. The molecule has 1 aliphatic carbocycles. The molecule has 1 aromatic rings. The van der Waals surface area contributed by atoms with Crippen LogP contribution in [0.1, 0.15) is 48.7 Å².